The van der Waals surface area contributed by atoms with Gasteiger partial charge in [-0.3, -0.25) is 0 Å². The minimum atomic E-state index is -0.513. The second-order valence-corrected chi connectivity index (χ2v) is 4.58. The molecule has 3 rings (SSSR count). The predicted molar refractivity (Wildman–Crippen MR) is 67.0 cm³/mol. The summed E-state index contributed by atoms with van der Waals surface area (Å²) in [5.41, 5.74) is 1.64. The Morgan fingerprint density at radius 2 is 2.47 bits per heavy atom. The summed E-state index contributed by atoms with van der Waals surface area (Å²) in [6.07, 6.45) is 3.92. The Morgan fingerprint density at radius 1 is 1.58 bits per heavy atom. The van der Waals surface area contributed by atoms with E-state index in [1.807, 2.05) is 6.07 Å². The first-order valence-corrected chi connectivity index (χ1v) is 6.30. The van der Waals surface area contributed by atoms with Gasteiger partial charge in [-0.05, 0) is 25.5 Å². The molecular weight excluding hydrogens is 246 g/mol. The topological polar surface area (TPSA) is 81.4 Å². The molecule has 1 atom stereocenters. The molecule has 1 fully saturated rings. The van der Waals surface area contributed by atoms with E-state index in [1.165, 1.54) is 7.11 Å². The van der Waals surface area contributed by atoms with E-state index in [1.54, 1.807) is 10.7 Å². The second-order valence-electron chi connectivity index (χ2n) is 4.58. The van der Waals surface area contributed by atoms with Crippen molar-refractivity contribution in [3.05, 3.63) is 23.7 Å². The fourth-order valence-electron chi connectivity index (χ4n) is 2.46. The number of rotatable bonds is 2. The van der Waals surface area contributed by atoms with Crippen LogP contribution in [0.1, 0.15) is 34.9 Å². The number of methoxy groups -OCH3 is 1. The molecular formula is C12H15N5O2. The molecule has 0 aromatic carbocycles. The van der Waals surface area contributed by atoms with Crippen molar-refractivity contribution < 1.29 is 9.53 Å². The van der Waals surface area contributed by atoms with Gasteiger partial charge in [0.05, 0.1) is 12.8 Å². The predicted octanol–water partition coefficient (Wildman–Crippen LogP) is 0.378. The lowest BCUT2D eigenvalue weighted by molar-refractivity contribution is 0.0596. The third kappa shape index (κ3) is 2.06. The minimum absolute atomic E-state index is 0.160. The average Bonchev–Trinajstić information content (AvgIpc) is 2.91. The maximum Gasteiger partial charge on any atom is 0.362 e. The van der Waals surface area contributed by atoms with Gasteiger partial charge in [-0.25, -0.2) is 9.78 Å². The number of piperidine rings is 1. The van der Waals surface area contributed by atoms with Crippen molar-refractivity contribution in [2.24, 2.45) is 0 Å². The van der Waals surface area contributed by atoms with Crippen LogP contribution in [0.15, 0.2) is 12.3 Å². The van der Waals surface area contributed by atoms with Gasteiger partial charge in [-0.2, -0.15) is 4.52 Å². The van der Waals surface area contributed by atoms with Crippen LogP contribution in [0.3, 0.4) is 0 Å². The highest BCUT2D eigenvalue weighted by Crippen LogP contribution is 2.23. The van der Waals surface area contributed by atoms with Crippen LogP contribution < -0.4 is 5.32 Å². The molecule has 0 spiro atoms. The number of fused-ring (bicyclic) bond motifs is 1. The van der Waals surface area contributed by atoms with Crippen molar-refractivity contribution in [1.82, 2.24) is 25.1 Å². The molecule has 19 heavy (non-hydrogen) atoms. The molecule has 7 heteroatoms. The lowest BCUT2D eigenvalue weighted by atomic mass is 9.96. The lowest BCUT2D eigenvalue weighted by Gasteiger charge is -2.22. The van der Waals surface area contributed by atoms with Crippen LogP contribution in [0.4, 0.5) is 0 Å². The number of esters is 1. The van der Waals surface area contributed by atoms with Crippen molar-refractivity contribution in [3.63, 3.8) is 0 Å². The Hall–Kier alpha value is -2.02. The summed E-state index contributed by atoms with van der Waals surface area (Å²) in [6.45, 7) is 1.96. The highest BCUT2D eigenvalue weighted by Gasteiger charge is 2.22. The van der Waals surface area contributed by atoms with E-state index in [2.05, 4.69) is 25.3 Å². The van der Waals surface area contributed by atoms with Crippen LogP contribution >= 0.6 is 0 Å². The zero-order valence-corrected chi connectivity index (χ0v) is 10.7. The number of ether oxygens (including phenoxy) is 1. The maximum atomic E-state index is 11.6. The van der Waals surface area contributed by atoms with Gasteiger partial charge >= 0.3 is 5.97 Å². The molecule has 2 aromatic rings. The van der Waals surface area contributed by atoms with E-state index in [0.29, 0.717) is 11.6 Å². The number of carbonyl (C=O) groups is 1. The van der Waals surface area contributed by atoms with Crippen molar-refractivity contribution in [3.8, 4) is 0 Å². The van der Waals surface area contributed by atoms with Gasteiger partial charge in [0.25, 0.3) is 0 Å². The number of carbonyl (C=O) groups excluding carboxylic acids is 1. The van der Waals surface area contributed by atoms with E-state index in [-0.39, 0.29) is 5.69 Å². The Kier molecular flexibility index (Phi) is 3.12. The second kappa shape index (κ2) is 4.93. The largest absolute Gasteiger partial charge is 0.464 e. The summed E-state index contributed by atoms with van der Waals surface area (Å²) >= 11 is 0. The minimum Gasteiger partial charge on any atom is -0.464 e. The monoisotopic (exact) mass is 261 g/mol. The summed E-state index contributed by atoms with van der Waals surface area (Å²) in [7, 11) is 1.32. The smallest absolute Gasteiger partial charge is 0.362 e. The lowest BCUT2D eigenvalue weighted by Crippen LogP contribution is -2.29. The van der Waals surface area contributed by atoms with E-state index in [0.717, 1.165) is 31.6 Å². The maximum absolute atomic E-state index is 11.6. The Bertz CT molecular complexity index is 603. The third-order valence-corrected chi connectivity index (χ3v) is 3.43. The fraction of sp³-hybridized carbons (Fsp3) is 0.500. The van der Waals surface area contributed by atoms with Gasteiger partial charge in [0.15, 0.2) is 5.65 Å². The molecule has 1 aliphatic heterocycles. The molecule has 0 radical (unpaired) electrons. The van der Waals surface area contributed by atoms with Crippen LogP contribution in [0.2, 0.25) is 0 Å². The highest BCUT2D eigenvalue weighted by molar-refractivity contribution is 5.93. The molecule has 0 aliphatic carbocycles. The van der Waals surface area contributed by atoms with Gasteiger partial charge in [0, 0.05) is 18.7 Å². The number of nitrogens with zero attached hydrogens (tertiary/aromatic N) is 4. The SMILES string of the molecule is COC(=O)c1nnn2c(C3CCCNC3)ccnc12. The summed E-state index contributed by atoms with van der Waals surface area (Å²) in [5, 5.41) is 11.3. The van der Waals surface area contributed by atoms with Crippen LogP contribution in [-0.4, -0.2) is 46.0 Å². The molecule has 7 nitrogen and oxygen atoms in total. The van der Waals surface area contributed by atoms with Crippen molar-refractivity contribution in [2.75, 3.05) is 20.2 Å². The highest BCUT2D eigenvalue weighted by atomic mass is 16.5. The first-order valence-electron chi connectivity index (χ1n) is 6.30. The summed E-state index contributed by atoms with van der Waals surface area (Å²) in [5.74, 6) is -0.145. The van der Waals surface area contributed by atoms with Crippen LogP contribution in [-0.2, 0) is 4.74 Å². The first-order chi connectivity index (χ1) is 9.31. The molecule has 100 valence electrons. The molecule has 1 aliphatic rings. The number of hydrogen-bond acceptors (Lipinski definition) is 6. The van der Waals surface area contributed by atoms with Gasteiger partial charge in [0.2, 0.25) is 5.69 Å². The molecule has 1 saturated heterocycles. The van der Waals surface area contributed by atoms with Crippen LogP contribution in [0.5, 0.6) is 0 Å². The molecule has 0 saturated carbocycles. The molecule has 1 N–H and O–H groups in total. The summed E-state index contributed by atoms with van der Waals surface area (Å²) < 4.78 is 6.32. The van der Waals surface area contributed by atoms with E-state index < -0.39 is 5.97 Å². The number of nitrogens with one attached hydrogen (secondary N) is 1. The first kappa shape index (κ1) is 12.0. The standard InChI is InChI=1S/C12H15N5O2/c1-19-12(18)10-11-14-6-4-9(17(11)16-15-10)8-3-2-5-13-7-8/h4,6,8,13H,2-3,5,7H2,1H3. The van der Waals surface area contributed by atoms with Crippen LogP contribution in [0, 0.1) is 0 Å². The average molecular weight is 261 g/mol. The van der Waals surface area contributed by atoms with E-state index in [4.69, 9.17) is 0 Å². The summed E-state index contributed by atoms with van der Waals surface area (Å²) in [6, 6.07) is 1.93. The zero-order valence-electron chi connectivity index (χ0n) is 10.7. The van der Waals surface area contributed by atoms with E-state index in [9.17, 15) is 4.79 Å². The quantitative estimate of drug-likeness (QED) is 0.787. The molecule has 3 heterocycles. The molecule has 0 bridgehead atoms. The summed E-state index contributed by atoms with van der Waals surface area (Å²) in [4.78, 5) is 15.8. The van der Waals surface area contributed by atoms with Gasteiger partial charge in [-0.1, -0.05) is 5.21 Å². The Balaban J connectivity index is 2.06. The van der Waals surface area contributed by atoms with Gasteiger partial charge in [-0.15, -0.1) is 5.10 Å². The molecule has 1 unspecified atom stereocenters. The van der Waals surface area contributed by atoms with E-state index >= 15 is 0 Å². The number of hydrogen-bond donors (Lipinski definition) is 1. The molecule has 0 amide bonds. The van der Waals surface area contributed by atoms with Gasteiger partial charge in [0.1, 0.15) is 0 Å². The van der Waals surface area contributed by atoms with Crippen LogP contribution in [0.25, 0.3) is 5.65 Å². The van der Waals surface area contributed by atoms with Crippen molar-refractivity contribution in [1.29, 1.82) is 0 Å². The third-order valence-electron chi connectivity index (χ3n) is 3.43. The Labute approximate surface area is 110 Å². The number of aromatic nitrogens is 4. The molecule has 2 aromatic heterocycles. The van der Waals surface area contributed by atoms with Crippen molar-refractivity contribution in [2.45, 2.75) is 18.8 Å². The normalized spacial score (nSPS) is 19.5. The van der Waals surface area contributed by atoms with Gasteiger partial charge < -0.3 is 10.1 Å². The van der Waals surface area contributed by atoms with Crippen molar-refractivity contribution >= 4 is 11.6 Å². The Morgan fingerprint density at radius 3 is 3.21 bits per heavy atom. The zero-order chi connectivity index (χ0) is 13.2. The fourth-order valence-corrected chi connectivity index (χ4v) is 2.46.